The quantitative estimate of drug-likeness (QED) is 0.314. The number of hydrogen-bond donors (Lipinski definition) is 1. The summed E-state index contributed by atoms with van der Waals surface area (Å²) in [5.41, 5.74) is 0.952. The van der Waals surface area contributed by atoms with Crippen LogP contribution in [-0.2, 0) is 26.1 Å². The van der Waals surface area contributed by atoms with Crippen LogP contribution in [0.3, 0.4) is 0 Å². The van der Waals surface area contributed by atoms with E-state index in [1.54, 1.807) is 59.0 Å². The third kappa shape index (κ3) is 5.12. The highest BCUT2D eigenvalue weighted by molar-refractivity contribution is 7.89. The first kappa shape index (κ1) is 30.9. The van der Waals surface area contributed by atoms with Crippen molar-refractivity contribution < 1.29 is 36.6 Å². The molecule has 4 aromatic rings. The second-order valence-corrected chi connectivity index (χ2v) is 14.2. The van der Waals surface area contributed by atoms with Crippen LogP contribution in [-0.4, -0.2) is 73.7 Å². The van der Waals surface area contributed by atoms with Gasteiger partial charge in [-0.25, -0.2) is 22.2 Å². The second kappa shape index (κ2) is 10.8. The molecule has 15 heteroatoms. The Hall–Kier alpha value is -4.08. The number of fused-ring (bicyclic) bond motifs is 2. The van der Waals surface area contributed by atoms with Crippen LogP contribution in [0.15, 0.2) is 41.6 Å². The normalized spacial score (nSPS) is 18.3. The van der Waals surface area contributed by atoms with Gasteiger partial charge in [0.05, 0.1) is 37.4 Å². The molecule has 0 aromatic carbocycles. The molecule has 0 radical (unpaired) electrons. The number of carboxylic acids is 1. The fraction of sp³-hybridized carbons (Fsp3) is 0.433. The van der Waals surface area contributed by atoms with Gasteiger partial charge in [-0.2, -0.15) is 4.31 Å². The van der Waals surface area contributed by atoms with Gasteiger partial charge in [-0.15, -0.1) is 10.2 Å². The van der Waals surface area contributed by atoms with E-state index in [-0.39, 0.29) is 42.7 Å². The highest BCUT2D eigenvalue weighted by Gasteiger charge is 2.50. The maximum Gasteiger partial charge on any atom is 0.310 e. The van der Waals surface area contributed by atoms with E-state index < -0.39 is 45.2 Å². The zero-order chi connectivity index (χ0) is 32.5. The second-order valence-electron chi connectivity index (χ2n) is 12.3. The van der Waals surface area contributed by atoms with Crippen LogP contribution < -0.4 is 4.74 Å². The van der Waals surface area contributed by atoms with Gasteiger partial charge in [-0.1, -0.05) is 6.07 Å². The van der Waals surface area contributed by atoms with Gasteiger partial charge in [0, 0.05) is 24.0 Å². The maximum atomic E-state index is 14.0. The summed E-state index contributed by atoms with van der Waals surface area (Å²) < 4.78 is 69.1. The fourth-order valence-electron chi connectivity index (χ4n) is 5.89. The van der Waals surface area contributed by atoms with Crippen molar-refractivity contribution in [1.29, 1.82) is 0 Å². The van der Waals surface area contributed by atoms with Crippen molar-refractivity contribution in [2.45, 2.75) is 64.0 Å². The number of aliphatic carboxylic acids is 1. The lowest BCUT2D eigenvalue weighted by atomic mass is 9.72. The molecule has 0 amide bonds. The standard InChI is InChI=1S/C30H32F2N6O6S/c1-16-10-22-27(33-11-16)44-30(14-43-15-30)13-37(45(22,41)42)12-21-17(2)6-7-20(34-21)23(29(4,5)28(39)40)19-8-9-38-25(18(19)3)35-36-26(38)24(31)32/h6-11,23-24H,12-15H2,1-5H3,(H,39,40). The summed E-state index contributed by atoms with van der Waals surface area (Å²) in [4.78, 5) is 21.7. The van der Waals surface area contributed by atoms with Crippen LogP contribution in [0.1, 0.15) is 65.7 Å². The van der Waals surface area contributed by atoms with Crippen LogP contribution >= 0.6 is 0 Å². The average Bonchev–Trinajstić information content (AvgIpc) is 3.36. The molecule has 6 rings (SSSR count). The van der Waals surface area contributed by atoms with Crippen molar-refractivity contribution in [1.82, 2.24) is 28.9 Å². The number of aryl methyl sites for hydroxylation is 3. The van der Waals surface area contributed by atoms with E-state index in [2.05, 4.69) is 15.2 Å². The largest absolute Gasteiger partial charge is 0.481 e. The monoisotopic (exact) mass is 642 g/mol. The summed E-state index contributed by atoms with van der Waals surface area (Å²) in [6.07, 6.45) is 0.0939. The molecule has 0 saturated carbocycles. The summed E-state index contributed by atoms with van der Waals surface area (Å²) >= 11 is 0. The van der Waals surface area contributed by atoms with Crippen molar-refractivity contribution >= 4 is 21.6 Å². The number of aromatic nitrogens is 5. The Balaban J connectivity index is 1.46. The van der Waals surface area contributed by atoms with Crippen LogP contribution in [0.4, 0.5) is 8.78 Å². The molecule has 238 valence electrons. The Morgan fingerprint density at radius 3 is 2.53 bits per heavy atom. The minimum atomic E-state index is -4.09. The number of nitrogens with zero attached hydrogens (tertiary/aromatic N) is 6. The molecule has 1 unspecified atom stereocenters. The third-order valence-corrected chi connectivity index (χ3v) is 10.4. The summed E-state index contributed by atoms with van der Waals surface area (Å²) in [7, 11) is -4.09. The number of alkyl halides is 2. The van der Waals surface area contributed by atoms with Gasteiger partial charge >= 0.3 is 5.97 Å². The Morgan fingerprint density at radius 2 is 1.89 bits per heavy atom. The maximum absolute atomic E-state index is 14.0. The summed E-state index contributed by atoms with van der Waals surface area (Å²) in [6.45, 7) is 8.57. The highest BCUT2D eigenvalue weighted by atomic mass is 32.2. The molecule has 1 fully saturated rings. The number of hydrogen-bond acceptors (Lipinski definition) is 9. The number of carboxylic acid groups (broad SMARTS) is 1. The lowest BCUT2D eigenvalue weighted by Gasteiger charge is -2.41. The summed E-state index contributed by atoms with van der Waals surface area (Å²) in [6, 6.07) is 6.58. The van der Waals surface area contributed by atoms with E-state index in [0.29, 0.717) is 33.6 Å². The Labute approximate surface area is 258 Å². The number of pyridine rings is 3. The minimum Gasteiger partial charge on any atom is -0.481 e. The molecule has 2 aliphatic rings. The van der Waals surface area contributed by atoms with E-state index in [4.69, 9.17) is 14.5 Å². The molecular weight excluding hydrogens is 610 g/mol. The van der Waals surface area contributed by atoms with Gasteiger partial charge in [-0.3, -0.25) is 14.2 Å². The fourth-order valence-corrected chi connectivity index (χ4v) is 7.51. The molecular formula is C30H32F2N6O6S. The topological polar surface area (TPSA) is 149 Å². The first-order chi connectivity index (χ1) is 21.1. The molecule has 0 aliphatic carbocycles. The minimum absolute atomic E-state index is 0.00470. The van der Waals surface area contributed by atoms with Gasteiger partial charge in [0.1, 0.15) is 4.90 Å². The van der Waals surface area contributed by atoms with Crippen LogP contribution in [0.5, 0.6) is 5.88 Å². The predicted octanol–water partition coefficient (Wildman–Crippen LogP) is 3.98. The molecule has 4 aromatic heterocycles. The van der Waals surface area contributed by atoms with E-state index in [9.17, 15) is 27.1 Å². The van der Waals surface area contributed by atoms with Gasteiger partial charge in [0.25, 0.3) is 6.43 Å². The Morgan fingerprint density at radius 1 is 1.16 bits per heavy atom. The van der Waals surface area contributed by atoms with Crippen molar-refractivity contribution in [2.75, 3.05) is 19.8 Å². The van der Waals surface area contributed by atoms with Gasteiger partial charge in [0.15, 0.2) is 11.2 Å². The van der Waals surface area contributed by atoms with Crippen molar-refractivity contribution in [2.24, 2.45) is 5.41 Å². The van der Waals surface area contributed by atoms with Crippen molar-refractivity contribution in [3.8, 4) is 5.88 Å². The smallest absolute Gasteiger partial charge is 0.310 e. The molecule has 6 heterocycles. The highest BCUT2D eigenvalue weighted by Crippen LogP contribution is 2.43. The zero-order valence-electron chi connectivity index (χ0n) is 25.3. The van der Waals surface area contributed by atoms with Crippen LogP contribution in [0.25, 0.3) is 5.65 Å². The molecule has 1 spiro atoms. The van der Waals surface area contributed by atoms with Gasteiger partial charge in [0.2, 0.25) is 21.7 Å². The molecule has 1 atom stereocenters. The Kier molecular flexibility index (Phi) is 7.40. The number of ether oxygens (including phenoxy) is 2. The van der Waals surface area contributed by atoms with Gasteiger partial charge < -0.3 is 14.6 Å². The lowest BCUT2D eigenvalue weighted by Crippen LogP contribution is -2.60. The Bertz CT molecular complexity index is 1940. The van der Waals surface area contributed by atoms with E-state index in [1.165, 1.54) is 21.0 Å². The van der Waals surface area contributed by atoms with E-state index in [0.717, 1.165) is 0 Å². The molecule has 45 heavy (non-hydrogen) atoms. The number of carbonyl (C=O) groups is 1. The SMILES string of the molecule is Cc1cnc2c(c1)S(=O)(=O)N(Cc1nc(C(c3ccn4c(C(F)F)nnc4c3C)C(C)(C)C(=O)O)ccc1C)CC1(COC1)O2. The summed E-state index contributed by atoms with van der Waals surface area (Å²) in [5, 5.41) is 17.9. The van der Waals surface area contributed by atoms with Crippen LogP contribution in [0, 0.1) is 26.2 Å². The van der Waals surface area contributed by atoms with Crippen molar-refractivity contribution in [3.63, 3.8) is 0 Å². The average molecular weight is 643 g/mol. The number of rotatable bonds is 7. The number of sulfonamides is 1. The van der Waals surface area contributed by atoms with Crippen molar-refractivity contribution in [3.05, 3.63) is 76.1 Å². The first-order valence-electron chi connectivity index (χ1n) is 14.2. The third-order valence-electron chi connectivity index (χ3n) is 8.60. The molecule has 0 bridgehead atoms. The molecule has 2 aliphatic heterocycles. The molecule has 1 N–H and O–H groups in total. The zero-order valence-corrected chi connectivity index (χ0v) is 26.1. The predicted molar refractivity (Wildman–Crippen MR) is 156 cm³/mol. The van der Waals surface area contributed by atoms with E-state index >= 15 is 0 Å². The first-order valence-corrected chi connectivity index (χ1v) is 15.6. The van der Waals surface area contributed by atoms with Crippen LogP contribution in [0.2, 0.25) is 0 Å². The molecule has 1 saturated heterocycles. The number of halogens is 2. The lowest BCUT2D eigenvalue weighted by molar-refractivity contribution is -0.166. The summed E-state index contributed by atoms with van der Waals surface area (Å²) in [5.74, 6) is -2.48. The molecule has 12 nitrogen and oxygen atoms in total. The van der Waals surface area contributed by atoms with Gasteiger partial charge in [-0.05, 0) is 75.1 Å². The van der Waals surface area contributed by atoms with E-state index in [1.807, 2.05) is 0 Å².